The standard InChI is InChI=1S/C18H14ClN3O3S/c1-11(10-20)26-18-21-15(9-13-4-3-7-25-13)17(23)22(18)12-5-6-16(24-2)14(19)8-12/h3-9,11H,1-2H3/b15-9+/t11-/m1/s1. The molecule has 0 unspecified atom stereocenters. The van der Waals surface area contributed by atoms with E-state index in [0.717, 1.165) is 0 Å². The summed E-state index contributed by atoms with van der Waals surface area (Å²) in [6.07, 6.45) is 3.08. The van der Waals surface area contributed by atoms with Gasteiger partial charge in [-0.1, -0.05) is 23.4 Å². The second kappa shape index (κ2) is 7.68. The normalized spacial score (nSPS) is 16.5. The Morgan fingerprint density at radius 3 is 2.88 bits per heavy atom. The first kappa shape index (κ1) is 18.1. The highest BCUT2D eigenvalue weighted by Gasteiger charge is 2.33. The molecule has 26 heavy (non-hydrogen) atoms. The van der Waals surface area contributed by atoms with Crippen LogP contribution in [0, 0.1) is 11.3 Å². The highest BCUT2D eigenvalue weighted by Crippen LogP contribution is 2.35. The molecule has 0 aliphatic carbocycles. The van der Waals surface area contributed by atoms with Crippen molar-refractivity contribution in [3.05, 3.63) is 53.1 Å². The van der Waals surface area contributed by atoms with Crippen LogP contribution in [0.2, 0.25) is 5.02 Å². The first-order chi connectivity index (χ1) is 12.5. The third-order valence-corrected chi connectivity index (χ3v) is 4.75. The van der Waals surface area contributed by atoms with E-state index in [-0.39, 0.29) is 16.9 Å². The molecule has 1 aliphatic heterocycles. The van der Waals surface area contributed by atoms with E-state index in [9.17, 15) is 4.79 Å². The number of methoxy groups -OCH3 is 1. The number of nitrogens with zero attached hydrogens (tertiary/aromatic N) is 3. The first-order valence-electron chi connectivity index (χ1n) is 7.61. The van der Waals surface area contributed by atoms with Crippen LogP contribution in [-0.4, -0.2) is 23.4 Å². The zero-order chi connectivity index (χ0) is 18.7. The zero-order valence-corrected chi connectivity index (χ0v) is 15.5. The molecule has 2 heterocycles. The fourth-order valence-corrected chi connectivity index (χ4v) is 3.36. The van der Waals surface area contributed by atoms with Gasteiger partial charge < -0.3 is 9.15 Å². The molecule has 0 saturated carbocycles. The average molecular weight is 388 g/mol. The molecule has 3 rings (SSSR count). The number of carbonyl (C=O) groups excluding carboxylic acids is 1. The molecular weight excluding hydrogens is 374 g/mol. The largest absolute Gasteiger partial charge is 0.495 e. The topological polar surface area (TPSA) is 78.8 Å². The van der Waals surface area contributed by atoms with Crippen molar-refractivity contribution in [3.8, 4) is 11.8 Å². The molecule has 1 aliphatic rings. The Kier molecular flexibility index (Phi) is 5.35. The number of amidine groups is 1. The summed E-state index contributed by atoms with van der Waals surface area (Å²) in [5.41, 5.74) is 0.763. The van der Waals surface area contributed by atoms with Crippen molar-refractivity contribution < 1.29 is 13.9 Å². The molecule has 0 saturated heterocycles. The van der Waals surface area contributed by atoms with E-state index in [2.05, 4.69) is 11.1 Å². The molecule has 0 spiro atoms. The number of benzene rings is 1. The summed E-state index contributed by atoms with van der Waals surface area (Å²) in [6, 6.07) is 10.6. The molecule has 1 amide bonds. The van der Waals surface area contributed by atoms with E-state index in [0.29, 0.717) is 27.4 Å². The van der Waals surface area contributed by atoms with Gasteiger partial charge in [0.1, 0.15) is 17.2 Å². The van der Waals surface area contributed by atoms with Gasteiger partial charge in [-0.15, -0.1) is 0 Å². The van der Waals surface area contributed by atoms with Crippen molar-refractivity contribution in [2.45, 2.75) is 12.2 Å². The lowest BCUT2D eigenvalue weighted by molar-refractivity contribution is -0.113. The highest BCUT2D eigenvalue weighted by molar-refractivity contribution is 8.15. The van der Waals surface area contributed by atoms with E-state index >= 15 is 0 Å². The van der Waals surface area contributed by atoms with Crippen LogP contribution in [0.4, 0.5) is 5.69 Å². The Hall–Kier alpha value is -2.69. The highest BCUT2D eigenvalue weighted by atomic mass is 35.5. The van der Waals surface area contributed by atoms with Crippen LogP contribution in [0.1, 0.15) is 12.7 Å². The number of thioether (sulfide) groups is 1. The minimum Gasteiger partial charge on any atom is -0.495 e. The number of halogens is 1. The summed E-state index contributed by atoms with van der Waals surface area (Å²) >= 11 is 7.39. The maximum absolute atomic E-state index is 12.9. The van der Waals surface area contributed by atoms with Gasteiger partial charge >= 0.3 is 0 Å². The Balaban J connectivity index is 2.01. The molecule has 132 valence electrons. The van der Waals surface area contributed by atoms with E-state index in [1.807, 2.05) is 0 Å². The summed E-state index contributed by atoms with van der Waals surface area (Å²) in [6.45, 7) is 1.74. The minimum absolute atomic E-state index is 0.222. The number of aliphatic imine (C=N–C) groups is 1. The number of nitriles is 1. The van der Waals surface area contributed by atoms with Gasteiger partial charge in [0.25, 0.3) is 5.91 Å². The number of anilines is 1. The second-order valence-electron chi connectivity index (χ2n) is 5.29. The van der Waals surface area contributed by atoms with Crippen molar-refractivity contribution in [1.82, 2.24) is 0 Å². The number of furan rings is 1. The van der Waals surface area contributed by atoms with Gasteiger partial charge in [-0.3, -0.25) is 9.69 Å². The lowest BCUT2D eigenvalue weighted by Gasteiger charge is -2.19. The van der Waals surface area contributed by atoms with Crippen molar-refractivity contribution in [3.63, 3.8) is 0 Å². The lowest BCUT2D eigenvalue weighted by Crippen LogP contribution is -2.31. The number of hydrogen-bond donors (Lipinski definition) is 0. The predicted molar refractivity (Wildman–Crippen MR) is 102 cm³/mol. The maximum atomic E-state index is 12.9. The number of amides is 1. The van der Waals surface area contributed by atoms with Gasteiger partial charge in [0.05, 0.1) is 35.4 Å². The quantitative estimate of drug-likeness (QED) is 0.729. The Morgan fingerprint density at radius 2 is 2.27 bits per heavy atom. The van der Waals surface area contributed by atoms with Crippen LogP contribution in [0.3, 0.4) is 0 Å². The van der Waals surface area contributed by atoms with Crippen molar-refractivity contribution in [1.29, 1.82) is 5.26 Å². The molecular formula is C18H14ClN3O3S. The smallest absolute Gasteiger partial charge is 0.283 e. The molecule has 1 atom stereocenters. The van der Waals surface area contributed by atoms with Gasteiger partial charge in [0.2, 0.25) is 0 Å². The molecule has 0 fully saturated rings. The Bertz CT molecular complexity index is 932. The van der Waals surface area contributed by atoms with Crippen LogP contribution in [-0.2, 0) is 4.79 Å². The van der Waals surface area contributed by atoms with Crippen molar-refractivity contribution in [2.24, 2.45) is 4.99 Å². The van der Waals surface area contributed by atoms with Crippen LogP contribution in [0.15, 0.2) is 51.7 Å². The first-order valence-corrected chi connectivity index (χ1v) is 8.87. The number of carbonyl (C=O) groups is 1. The molecule has 1 aromatic carbocycles. The predicted octanol–water partition coefficient (Wildman–Crippen LogP) is 4.33. The fourth-order valence-electron chi connectivity index (χ4n) is 2.29. The van der Waals surface area contributed by atoms with Crippen molar-refractivity contribution in [2.75, 3.05) is 12.0 Å². The number of rotatable bonds is 4. The lowest BCUT2D eigenvalue weighted by atomic mass is 10.2. The average Bonchev–Trinajstić information content (AvgIpc) is 3.24. The second-order valence-corrected chi connectivity index (χ2v) is 7.00. The SMILES string of the molecule is COc1ccc(N2C(=O)/C(=C\c3ccco3)N=C2S[C@H](C)C#N)cc1Cl. The van der Waals surface area contributed by atoms with E-state index in [4.69, 9.17) is 26.0 Å². The van der Waals surface area contributed by atoms with Crippen LogP contribution in [0.5, 0.6) is 5.75 Å². The third-order valence-electron chi connectivity index (χ3n) is 3.51. The summed E-state index contributed by atoms with van der Waals surface area (Å²) < 4.78 is 10.4. The van der Waals surface area contributed by atoms with E-state index in [1.54, 1.807) is 43.3 Å². The fraction of sp³-hybridized carbons (Fsp3) is 0.167. The summed E-state index contributed by atoms with van der Waals surface area (Å²) in [4.78, 5) is 18.7. The zero-order valence-electron chi connectivity index (χ0n) is 14.0. The number of ether oxygens (including phenoxy) is 1. The van der Waals surface area contributed by atoms with Crippen LogP contribution >= 0.6 is 23.4 Å². The molecule has 0 bridgehead atoms. The Labute approximate surface area is 159 Å². The van der Waals surface area contributed by atoms with Gasteiger partial charge in [0, 0.05) is 6.08 Å². The Morgan fingerprint density at radius 1 is 1.46 bits per heavy atom. The third kappa shape index (κ3) is 3.62. The monoisotopic (exact) mass is 387 g/mol. The minimum atomic E-state index is -0.374. The summed E-state index contributed by atoms with van der Waals surface area (Å²) in [5.74, 6) is 0.699. The summed E-state index contributed by atoms with van der Waals surface area (Å²) in [7, 11) is 1.52. The van der Waals surface area contributed by atoms with Gasteiger partial charge in [-0.05, 0) is 37.3 Å². The van der Waals surface area contributed by atoms with Gasteiger partial charge in [-0.2, -0.15) is 5.26 Å². The van der Waals surface area contributed by atoms with Gasteiger partial charge in [-0.25, -0.2) is 4.99 Å². The molecule has 8 heteroatoms. The molecule has 2 aromatic rings. The molecule has 0 radical (unpaired) electrons. The van der Waals surface area contributed by atoms with E-state index < -0.39 is 0 Å². The molecule has 0 N–H and O–H groups in total. The summed E-state index contributed by atoms with van der Waals surface area (Å²) in [5, 5.41) is 9.51. The van der Waals surface area contributed by atoms with Crippen LogP contribution < -0.4 is 9.64 Å². The maximum Gasteiger partial charge on any atom is 0.283 e. The molecule has 1 aromatic heterocycles. The van der Waals surface area contributed by atoms with Gasteiger partial charge in [0.15, 0.2) is 5.17 Å². The molecule has 6 nitrogen and oxygen atoms in total. The van der Waals surface area contributed by atoms with Crippen LogP contribution in [0.25, 0.3) is 6.08 Å². The van der Waals surface area contributed by atoms with Crippen molar-refractivity contribution >= 4 is 46.2 Å². The number of hydrogen-bond acceptors (Lipinski definition) is 6. The van der Waals surface area contributed by atoms with E-state index in [1.165, 1.54) is 30.0 Å².